The lowest BCUT2D eigenvalue weighted by molar-refractivity contribution is 0.333. The molecular weight excluding hydrogens is 308 g/mol. The number of hydrogen-bond donors (Lipinski definition) is 1. The third-order valence-electron chi connectivity index (χ3n) is 3.55. The number of nitrogens with zero attached hydrogens (tertiary/aromatic N) is 3. The average Bonchev–Trinajstić information content (AvgIpc) is 2.31. The zero-order valence-electron chi connectivity index (χ0n) is 11.5. The van der Waals surface area contributed by atoms with Crippen LogP contribution in [-0.2, 0) is 6.54 Å². The number of aromatic nitrogens is 2. The van der Waals surface area contributed by atoms with Crippen molar-refractivity contribution in [2.45, 2.75) is 25.8 Å². The molecule has 0 saturated heterocycles. The lowest BCUT2D eigenvalue weighted by atomic mass is 9.85. The Kier molecular flexibility index (Phi) is 4.99. The molecule has 1 aliphatic rings. The molecule has 1 saturated carbocycles. The van der Waals surface area contributed by atoms with E-state index in [0.717, 1.165) is 24.7 Å². The molecule has 0 spiro atoms. The van der Waals surface area contributed by atoms with E-state index in [-0.39, 0.29) is 5.56 Å². The second-order valence-corrected chi connectivity index (χ2v) is 6.17. The zero-order chi connectivity index (χ0) is 13.8. The highest BCUT2D eigenvalue weighted by Gasteiger charge is 2.17. The molecule has 0 amide bonds. The predicted octanol–water partition coefficient (Wildman–Crippen LogP) is 1.78. The van der Waals surface area contributed by atoms with Gasteiger partial charge in [-0.2, -0.15) is 5.10 Å². The number of hydrogen-bond acceptors (Lipinski definition) is 4. The Labute approximate surface area is 122 Å². The first-order chi connectivity index (χ1) is 9.08. The van der Waals surface area contributed by atoms with Crippen molar-refractivity contribution in [2.24, 2.45) is 5.92 Å². The first-order valence-electron chi connectivity index (χ1n) is 6.72. The number of likely N-dealkylation sites (N-methyl/N-ethyl adjacent to an activating group) is 1. The lowest BCUT2D eigenvalue weighted by Crippen LogP contribution is -2.30. The standard InChI is InChI=1S/C13H21BrN4O/c1-17(2)6-7-18-13(19)12(14)11(9-16-18)15-8-10-4-3-5-10/h9-10,15H,3-8H2,1-2H3. The molecule has 0 radical (unpaired) electrons. The van der Waals surface area contributed by atoms with Gasteiger partial charge in [0.2, 0.25) is 0 Å². The summed E-state index contributed by atoms with van der Waals surface area (Å²) < 4.78 is 2.08. The van der Waals surface area contributed by atoms with Crippen LogP contribution in [0.2, 0.25) is 0 Å². The molecule has 0 aromatic carbocycles. The summed E-state index contributed by atoms with van der Waals surface area (Å²) in [6, 6.07) is 0. The van der Waals surface area contributed by atoms with Crippen LogP contribution < -0.4 is 10.9 Å². The zero-order valence-corrected chi connectivity index (χ0v) is 13.1. The number of nitrogens with one attached hydrogen (secondary N) is 1. The normalized spacial score (nSPS) is 15.6. The fourth-order valence-electron chi connectivity index (χ4n) is 1.99. The van der Waals surface area contributed by atoms with Crippen LogP contribution in [0.15, 0.2) is 15.5 Å². The second kappa shape index (κ2) is 6.52. The van der Waals surface area contributed by atoms with Gasteiger partial charge in [0.25, 0.3) is 5.56 Å². The van der Waals surface area contributed by atoms with E-state index in [1.807, 2.05) is 19.0 Å². The highest BCUT2D eigenvalue weighted by atomic mass is 79.9. The molecule has 6 heteroatoms. The minimum atomic E-state index is -0.0690. The minimum Gasteiger partial charge on any atom is -0.382 e. The fraction of sp³-hybridized carbons (Fsp3) is 0.692. The van der Waals surface area contributed by atoms with Crippen LogP contribution in [-0.4, -0.2) is 41.9 Å². The van der Waals surface area contributed by atoms with Gasteiger partial charge in [-0.25, -0.2) is 4.68 Å². The summed E-state index contributed by atoms with van der Waals surface area (Å²) in [6.45, 7) is 2.34. The van der Waals surface area contributed by atoms with Gasteiger partial charge in [-0.1, -0.05) is 6.42 Å². The molecule has 1 heterocycles. The van der Waals surface area contributed by atoms with Gasteiger partial charge in [-0.15, -0.1) is 0 Å². The molecule has 0 unspecified atom stereocenters. The number of rotatable bonds is 6. The summed E-state index contributed by atoms with van der Waals surface area (Å²) in [5.41, 5.74) is 0.735. The quantitative estimate of drug-likeness (QED) is 0.864. The first-order valence-corrected chi connectivity index (χ1v) is 7.51. The highest BCUT2D eigenvalue weighted by Crippen LogP contribution is 2.27. The third-order valence-corrected chi connectivity index (χ3v) is 4.32. The molecule has 1 aromatic rings. The smallest absolute Gasteiger partial charge is 0.283 e. The molecule has 19 heavy (non-hydrogen) atoms. The summed E-state index contributed by atoms with van der Waals surface area (Å²) in [5, 5.41) is 7.53. The van der Waals surface area contributed by atoms with Crippen molar-refractivity contribution >= 4 is 21.6 Å². The van der Waals surface area contributed by atoms with E-state index in [0.29, 0.717) is 11.0 Å². The summed E-state index contributed by atoms with van der Waals surface area (Å²) in [7, 11) is 3.96. The van der Waals surface area contributed by atoms with E-state index in [4.69, 9.17) is 0 Å². The Morgan fingerprint density at radius 1 is 1.53 bits per heavy atom. The molecule has 1 aliphatic carbocycles. The monoisotopic (exact) mass is 328 g/mol. The molecule has 0 atom stereocenters. The summed E-state index contributed by atoms with van der Waals surface area (Å²) in [6.07, 6.45) is 5.65. The summed E-state index contributed by atoms with van der Waals surface area (Å²) in [5.74, 6) is 0.753. The molecule has 106 valence electrons. The van der Waals surface area contributed by atoms with E-state index in [1.165, 1.54) is 23.9 Å². The third kappa shape index (κ3) is 3.79. The van der Waals surface area contributed by atoms with E-state index >= 15 is 0 Å². The Balaban J connectivity index is 2.01. The van der Waals surface area contributed by atoms with Crippen LogP contribution in [0.5, 0.6) is 0 Å². The molecule has 0 bridgehead atoms. The second-order valence-electron chi connectivity index (χ2n) is 5.38. The van der Waals surface area contributed by atoms with E-state index in [2.05, 4.69) is 26.3 Å². The largest absolute Gasteiger partial charge is 0.382 e. The van der Waals surface area contributed by atoms with Crippen LogP contribution >= 0.6 is 15.9 Å². The van der Waals surface area contributed by atoms with Crippen molar-refractivity contribution in [3.05, 3.63) is 21.0 Å². The lowest BCUT2D eigenvalue weighted by Gasteiger charge is -2.26. The Hall–Kier alpha value is -0.880. The van der Waals surface area contributed by atoms with Gasteiger partial charge in [0, 0.05) is 13.1 Å². The summed E-state index contributed by atoms with van der Waals surface area (Å²) >= 11 is 3.38. The van der Waals surface area contributed by atoms with Crippen molar-refractivity contribution < 1.29 is 0 Å². The van der Waals surface area contributed by atoms with E-state index in [1.54, 1.807) is 6.20 Å². The molecule has 1 fully saturated rings. The SMILES string of the molecule is CN(C)CCn1ncc(NCC2CCC2)c(Br)c1=O. The maximum atomic E-state index is 12.1. The van der Waals surface area contributed by atoms with Gasteiger partial charge in [-0.05, 0) is 48.8 Å². The predicted molar refractivity (Wildman–Crippen MR) is 80.6 cm³/mol. The van der Waals surface area contributed by atoms with Crippen LogP contribution in [0, 0.1) is 5.92 Å². The van der Waals surface area contributed by atoms with Gasteiger partial charge in [0.1, 0.15) is 4.47 Å². The molecule has 1 N–H and O–H groups in total. The average molecular weight is 329 g/mol. The van der Waals surface area contributed by atoms with Gasteiger partial charge in [-0.3, -0.25) is 4.79 Å². The molecular formula is C13H21BrN4O. The molecule has 2 rings (SSSR count). The molecule has 0 aliphatic heterocycles. The maximum Gasteiger partial charge on any atom is 0.283 e. The Bertz CT molecular complexity index is 482. The van der Waals surface area contributed by atoms with Gasteiger partial charge in [0.05, 0.1) is 18.4 Å². The first kappa shape index (κ1) is 14.5. The topological polar surface area (TPSA) is 50.2 Å². The van der Waals surface area contributed by atoms with Gasteiger partial charge >= 0.3 is 0 Å². The molecule has 5 nitrogen and oxygen atoms in total. The van der Waals surface area contributed by atoms with Gasteiger partial charge < -0.3 is 10.2 Å². The fourth-order valence-corrected chi connectivity index (χ4v) is 2.44. The van der Waals surface area contributed by atoms with E-state index in [9.17, 15) is 4.79 Å². The maximum absolute atomic E-state index is 12.1. The van der Waals surface area contributed by atoms with Crippen molar-refractivity contribution in [2.75, 3.05) is 32.5 Å². The molecule has 1 aromatic heterocycles. The minimum absolute atomic E-state index is 0.0690. The number of halogens is 1. The Morgan fingerprint density at radius 2 is 2.26 bits per heavy atom. The highest BCUT2D eigenvalue weighted by molar-refractivity contribution is 9.10. The van der Waals surface area contributed by atoms with E-state index < -0.39 is 0 Å². The van der Waals surface area contributed by atoms with Crippen LogP contribution in [0.1, 0.15) is 19.3 Å². The van der Waals surface area contributed by atoms with Crippen molar-refractivity contribution in [1.82, 2.24) is 14.7 Å². The summed E-state index contributed by atoms with van der Waals surface area (Å²) in [4.78, 5) is 14.2. The van der Waals surface area contributed by atoms with Crippen molar-refractivity contribution in [3.63, 3.8) is 0 Å². The van der Waals surface area contributed by atoms with Crippen LogP contribution in [0.4, 0.5) is 5.69 Å². The Morgan fingerprint density at radius 3 is 2.84 bits per heavy atom. The van der Waals surface area contributed by atoms with Crippen molar-refractivity contribution in [1.29, 1.82) is 0 Å². The van der Waals surface area contributed by atoms with Crippen molar-refractivity contribution in [3.8, 4) is 0 Å². The van der Waals surface area contributed by atoms with Crippen LogP contribution in [0.3, 0.4) is 0 Å². The number of anilines is 1. The van der Waals surface area contributed by atoms with Gasteiger partial charge in [0.15, 0.2) is 0 Å². The van der Waals surface area contributed by atoms with Crippen LogP contribution in [0.25, 0.3) is 0 Å².